The molecule has 1 heterocycles. The molecule has 0 aliphatic rings. The fraction of sp³-hybridized carbons (Fsp3) is 0.357. The molecule has 1 atom stereocenters. The second-order valence-electron chi connectivity index (χ2n) is 4.47. The second-order valence-corrected chi connectivity index (χ2v) is 5.26. The van der Waals surface area contributed by atoms with E-state index in [9.17, 15) is 9.90 Å². The Kier molecular flexibility index (Phi) is 4.61. The third kappa shape index (κ3) is 3.16. The van der Waals surface area contributed by atoms with E-state index in [2.05, 4.69) is 26.2 Å². The van der Waals surface area contributed by atoms with Crippen LogP contribution in [0.25, 0.3) is 10.9 Å². The minimum atomic E-state index is -0.355. The first kappa shape index (κ1) is 14.1. The van der Waals surface area contributed by atoms with E-state index in [1.54, 1.807) is 0 Å². The van der Waals surface area contributed by atoms with Crippen LogP contribution in [-0.4, -0.2) is 28.6 Å². The molecule has 0 aliphatic heterocycles. The molecule has 0 aliphatic carbocycles. The number of aromatic nitrogens is 1. The summed E-state index contributed by atoms with van der Waals surface area (Å²) in [6, 6.07) is 7.73. The lowest BCUT2D eigenvalue weighted by molar-refractivity contribution is 0.0937. The molecular weight excluding hydrogens is 308 g/mol. The predicted molar refractivity (Wildman–Crippen MR) is 79.2 cm³/mol. The van der Waals surface area contributed by atoms with Crippen LogP contribution in [-0.2, 0) is 0 Å². The van der Waals surface area contributed by atoms with Crippen molar-refractivity contribution in [3.8, 4) is 0 Å². The zero-order valence-corrected chi connectivity index (χ0v) is 12.3. The Hall–Kier alpha value is -1.33. The van der Waals surface area contributed by atoms with Gasteiger partial charge in [0.05, 0.1) is 10.6 Å². The molecule has 0 bridgehead atoms. The van der Waals surface area contributed by atoms with Crippen LogP contribution in [0.15, 0.2) is 28.7 Å². The summed E-state index contributed by atoms with van der Waals surface area (Å²) in [6.07, 6.45) is 0.915. The minimum absolute atomic E-state index is 0.161. The Bertz CT molecular complexity index is 580. The van der Waals surface area contributed by atoms with Crippen LogP contribution < -0.4 is 5.32 Å². The van der Waals surface area contributed by atoms with Crippen LogP contribution in [0, 0.1) is 0 Å². The van der Waals surface area contributed by atoms with Gasteiger partial charge in [0.1, 0.15) is 5.69 Å². The van der Waals surface area contributed by atoms with Gasteiger partial charge in [-0.1, -0.05) is 25.1 Å². The summed E-state index contributed by atoms with van der Waals surface area (Å²) in [5, 5.41) is 13.2. The van der Waals surface area contributed by atoms with Gasteiger partial charge in [-0.3, -0.25) is 4.79 Å². The van der Waals surface area contributed by atoms with Crippen LogP contribution in [0.5, 0.6) is 0 Å². The monoisotopic (exact) mass is 324 g/mol. The Morgan fingerprint density at radius 3 is 2.89 bits per heavy atom. The molecule has 1 aromatic carbocycles. The summed E-state index contributed by atoms with van der Waals surface area (Å²) in [7, 11) is 0. The number of aromatic amines is 1. The van der Waals surface area contributed by atoms with Crippen molar-refractivity contribution in [1.29, 1.82) is 0 Å². The van der Waals surface area contributed by atoms with Crippen LogP contribution in [0.4, 0.5) is 0 Å². The van der Waals surface area contributed by atoms with Crippen LogP contribution in [0.3, 0.4) is 0 Å². The maximum Gasteiger partial charge on any atom is 0.268 e. The van der Waals surface area contributed by atoms with Crippen molar-refractivity contribution in [1.82, 2.24) is 10.3 Å². The molecule has 0 fully saturated rings. The second kappa shape index (κ2) is 6.21. The Labute approximate surface area is 120 Å². The maximum atomic E-state index is 12.1. The van der Waals surface area contributed by atoms with E-state index in [0.717, 1.165) is 15.4 Å². The zero-order valence-electron chi connectivity index (χ0n) is 10.7. The number of amides is 1. The van der Waals surface area contributed by atoms with Gasteiger partial charge < -0.3 is 15.4 Å². The largest absolute Gasteiger partial charge is 0.393 e. The maximum absolute atomic E-state index is 12.1. The van der Waals surface area contributed by atoms with Crippen LogP contribution in [0.2, 0.25) is 0 Å². The fourth-order valence-corrected chi connectivity index (χ4v) is 2.53. The number of nitrogens with one attached hydrogen (secondary N) is 2. The van der Waals surface area contributed by atoms with E-state index in [4.69, 9.17) is 0 Å². The van der Waals surface area contributed by atoms with E-state index in [-0.39, 0.29) is 12.0 Å². The van der Waals surface area contributed by atoms with Gasteiger partial charge in [-0.2, -0.15) is 0 Å². The fourth-order valence-electron chi connectivity index (χ4n) is 1.91. The number of aliphatic hydroxyl groups excluding tert-OH is 1. The topological polar surface area (TPSA) is 65.1 Å². The highest BCUT2D eigenvalue weighted by Crippen LogP contribution is 2.27. The Morgan fingerprint density at radius 1 is 1.47 bits per heavy atom. The van der Waals surface area contributed by atoms with Crippen molar-refractivity contribution in [2.75, 3.05) is 6.54 Å². The van der Waals surface area contributed by atoms with Gasteiger partial charge in [0.25, 0.3) is 5.91 Å². The van der Waals surface area contributed by atoms with Crippen molar-refractivity contribution in [2.24, 2.45) is 0 Å². The number of rotatable bonds is 5. The Balaban J connectivity index is 2.07. The number of carbonyl (C=O) groups excluding carboxylic acids is 1. The highest BCUT2D eigenvalue weighted by atomic mass is 79.9. The molecule has 3 N–H and O–H groups in total. The van der Waals surface area contributed by atoms with E-state index in [1.807, 2.05) is 31.2 Å². The van der Waals surface area contributed by atoms with E-state index in [0.29, 0.717) is 25.1 Å². The Morgan fingerprint density at radius 2 is 2.21 bits per heavy atom. The van der Waals surface area contributed by atoms with Gasteiger partial charge in [-0.05, 0) is 34.8 Å². The summed E-state index contributed by atoms with van der Waals surface area (Å²) in [5.41, 5.74) is 1.44. The molecule has 1 aromatic heterocycles. The molecule has 102 valence electrons. The molecule has 2 aromatic rings. The molecule has 1 amide bonds. The number of aliphatic hydroxyl groups is 1. The van der Waals surface area contributed by atoms with Gasteiger partial charge >= 0.3 is 0 Å². The molecular formula is C14H17BrN2O2. The van der Waals surface area contributed by atoms with Gasteiger partial charge in [-0.15, -0.1) is 0 Å². The third-order valence-electron chi connectivity index (χ3n) is 3.10. The molecule has 4 nitrogen and oxygen atoms in total. The van der Waals surface area contributed by atoms with Crippen molar-refractivity contribution < 1.29 is 9.90 Å². The molecule has 1 unspecified atom stereocenters. The SMILES string of the molecule is CCC(O)CCNC(=O)c1[nH]c2ccccc2c1Br. The lowest BCUT2D eigenvalue weighted by Crippen LogP contribution is -2.27. The first-order chi connectivity index (χ1) is 9.13. The molecule has 0 saturated heterocycles. The summed E-state index contributed by atoms with van der Waals surface area (Å²) in [4.78, 5) is 15.1. The quantitative estimate of drug-likeness (QED) is 0.791. The minimum Gasteiger partial charge on any atom is -0.393 e. The van der Waals surface area contributed by atoms with E-state index < -0.39 is 0 Å². The molecule has 2 rings (SSSR count). The van der Waals surface area contributed by atoms with E-state index in [1.165, 1.54) is 0 Å². The van der Waals surface area contributed by atoms with Gasteiger partial charge in [0.2, 0.25) is 0 Å². The molecule has 5 heteroatoms. The van der Waals surface area contributed by atoms with Crippen molar-refractivity contribution >= 4 is 32.7 Å². The van der Waals surface area contributed by atoms with Crippen molar-refractivity contribution in [3.63, 3.8) is 0 Å². The predicted octanol–water partition coefficient (Wildman–Crippen LogP) is 2.82. The summed E-state index contributed by atoms with van der Waals surface area (Å²) < 4.78 is 0.775. The normalized spacial score (nSPS) is 12.6. The lowest BCUT2D eigenvalue weighted by atomic mass is 10.2. The average molecular weight is 325 g/mol. The van der Waals surface area contributed by atoms with Gasteiger partial charge in [0.15, 0.2) is 0 Å². The van der Waals surface area contributed by atoms with Gasteiger partial charge in [0, 0.05) is 17.4 Å². The lowest BCUT2D eigenvalue weighted by Gasteiger charge is -2.08. The number of fused-ring (bicyclic) bond motifs is 1. The van der Waals surface area contributed by atoms with Crippen molar-refractivity contribution in [3.05, 3.63) is 34.4 Å². The molecule has 0 spiro atoms. The first-order valence-corrected chi connectivity index (χ1v) is 7.15. The first-order valence-electron chi connectivity index (χ1n) is 6.36. The molecule has 0 saturated carbocycles. The number of para-hydroxylation sites is 1. The van der Waals surface area contributed by atoms with Crippen molar-refractivity contribution in [2.45, 2.75) is 25.9 Å². The zero-order chi connectivity index (χ0) is 13.8. The summed E-state index contributed by atoms with van der Waals surface area (Å²) in [5.74, 6) is -0.161. The molecule has 19 heavy (non-hydrogen) atoms. The van der Waals surface area contributed by atoms with E-state index >= 15 is 0 Å². The summed E-state index contributed by atoms with van der Waals surface area (Å²) in [6.45, 7) is 2.39. The average Bonchev–Trinajstić information content (AvgIpc) is 2.76. The number of benzene rings is 1. The smallest absolute Gasteiger partial charge is 0.268 e. The standard InChI is InChI=1S/C14H17BrN2O2/c1-2-9(18)7-8-16-14(19)13-12(15)10-5-3-4-6-11(10)17-13/h3-6,9,17-18H,2,7-8H2,1H3,(H,16,19). The highest BCUT2D eigenvalue weighted by molar-refractivity contribution is 9.10. The van der Waals surface area contributed by atoms with Crippen LogP contribution >= 0.6 is 15.9 Å². The number of H-pyrrole nitrogens is 1. The highest BCUT2D eigenvalue weighted by Gasteiger charge is 2.15. The number of hydrogen-bond acceptors (Lipinski definition) is 2. The number of carbonyl (C=O) groups is 1. The number of halogens is 1. The number of hydrogen-bond donors (Lipinski definition) is 3. The van der Waals surface area contributed by atoms with Gasteiger partial charge in [-0.25, -0.2) is 0 Å². The molecule has 0 radical (unpaired) electrons. The summed E-state index contributed by atoms with van der Waals surface area (Å²) >= 11 is 3.45. The van der Waals surface area contributed by atoms with Crippen LogP contribution in [0.1, 0.15) is 30.3 Å². The third-order valence-corrected chi connectivity index (χ3v) is 3.93.